The molecule has 0 radical (unpaired) electrons. The number of rotatable bonds is 5. The van der Waals surface area contributed by atoms with Crippen molar-refractivity contribution in [2.24, 2.45) is 39.9 Å². The molecule has 1 N–H and O–H groups in total. The van der Waals surface area contributed by atoms with Crippen LogP contribution in [0.1, 0.15) is 70.8 Å². The quantitative estimate of drug-likeness (QED) is 0.454. The third-order valence-electron chi connectivity index (χ3n) is 10.9. The molecule has 6 rings (SSSR count). The van der Waals surface area contributed by atoms with E-state index in [9.17, 15) is 18.3 Å². The fraction of sp³-hybridized carbons (Fsp3) is 0.750. The molecular formula is C28H40O6S. The SMILES string of the molecule is COC(=O)[C@]1(C)CCC[C@@]2(C)[C@@H]3C[C@H]4CC[C@@]3(CC[C@@H]21)[C@H](O)[C@H]4COS(=O)(=O)c1ccc(C)cc1. The lowest BCUT2D eigenvalue weighted by Gasteiger charge is -2.69. The average Bonchev–Trinajstić information content (AvgIpc) is 2.83. The number of aliphatic hydroxyl groups is 1. The molecule has 0 saturated heterocycles. The maximum atomic E-state index is 12.9. The lowest BCUT2D eigenvalue weighted by molar-refractivity contribution is -0.247. The largest absolute Gasteiger partial charge is 0.469 e. The van der Waals surface area contributed by atoms with Crippen LogP contribution in [0.5, 0.6) is 0 Å². The highest BCUT2D eigenvalue weighted by atomic mass is 32.2. The van der Waals surface area contributed by atoms with Crippen LogP contribution in [-0.4, -0.2) is 39.3 Å². The van der Waals surface area contributed by atoms with Crippen LogP contribution < -0.4 is 0 Å². The zero-order valence-corrected chi connectivity index (χ0v) is 22.3. The lowest BCUT2D eigenvalue weighted by Crippen LogP contribution is -2.67. The molecule has 1 aromatic rings. The molecule has 6 nitrogen and oxygen atoms in total. The van der Waals surface area contributed by atoms with E-state index in [-0.39, 0.29) is 46.1 Å². The van der Waals surface area contributed by atoms with Crippen LogP contribution in [0.4, 0.5) is 0 Å². The van der Waals surface area contributed by atoms with Crippen LogP contribution in [0.25, 0.3) is 0 Å². The Bertz CT molecular complexity index is 1080. The van der Waals surface area contributed by atoms with E-state index in [2.05, 4.69) is 13.8 Å². The van der Waals surface area contributed by atoms with Crippen molar-refractivity contribution in [2.45, 2.75) is 83.1 Å². The Morgan fingerprint density at radius 3 is 2.43 bits per heavy atom. The molecule has 5 aliphatic carbocycles. The highest BCUT2D eigenvalue weighted by Gasteiger charge is 2.68. The van der Waals surface area contributed by atoms with E-state index in [0.717, 1.165) is 56.9 Å². The van der Waals surface area contributed by atoms with Gasteiger partial charge in [0.1, 0.15) is 0 Å². The molecule has 0 aliphatic heterocycles. The highest BCUT2D eigenvalue weighted by Crippen LogP contribution is 2.72. The van der Waals surface area contributed by atoms with Gasteiger partial charge in [-0.25, -0.2) is 0 Å². The van der Waals surface area contributed by atoms with Crippen LogP contribution >= 0.6 is 0 Å². The summed E-state index contributed by atoms with van der Waals surface area (Å²) in [6.07, 6.45) is 7.06. The number of aryl methyl sites for hydroxylation is 1. The van der Waals surface area contributed by atoms with Crippen molar-refractivity contribution in [3.05, 3.63) is 29.8 Å². The fourth-order valence-corrected chi connectivity index (χ4v) is 10.1. The maximum Gasteiger partial charge on any atom is 0.311 e. The monoisotopic (exact) mass is 504 g/mol. The number of ether oxygens (including phenoxy) is 1. The summed E-state index contributed by atoms with van der Waals surface area (Å²) in [6.45, 7) is 6.38. The first-order valence-electron chi connectivity index (χ1n) is 13.2. The number of carbonyl (C=O) groups excluding carboxylic acids is 1. The third-order valence-corrected chi connectivity index (χ3v) is 12.2. The van der Waals surface area contributed by atoms with Gasteiger partial charge in [-0.3, -0.25) is 8.98 Å². The summed E-state index contributed by atoms with van der Waals surface area (Å²) in [6, 6.07) is 6.68. The molecular weight excluding hydrogens is 464 g/mol. The summed E-state index contributed by atoms with van der Waals surface area (Å²) in [7, 11) is -2.38. The normalized spacial score (nSPS) is 42.7. The molecule has 1 aromatic carbocycles. The molecule has 0 heterocycles. The molecule has 35 heavy (non-hydrogen) atoms. The number of hydrogen-bond acceptors (Lipinski definition) is 6. The molecule has 0 amide bonds. The average molecular weight is 505 g/mol. The minimum absolute atomic E-state index is 0.0243. The van der Waals surface area contributed by atoms with Gasteiger partial charge in [-0.2, -0.15) is 8.42 Å². The van der Waals surface area contributed by atoms with Gasteiger partial charge in [-0.15, -0.1) is 0 Å². The van der Waals surface area contributed by atoms with Gasteiger partial charge in [0.05, 0.1) is 30.1 Å². The number of benzene rings is 1. The second kappa shape index (κ2) is 8.56. The Hall–Kier alpha value is -1.44. The smallest absolute Gasteiger partial charge is 0.311 e. The minimum Gasteiger partial charge on any atom is -0.469 e. The van der Waals surface area contributed by atoms with Crippen molar-refractivity contribution in [1.82, 2.24) is 0 Å². The van der Waals surface area contributed by atoms with Crippen molar-refractivity contribution < 1.29 is 27.2 Å². The molecule has 2 bridgehead atoms. The predicted octanol–water partition coefficient (Wildman–Crippen LogP) is 4.87. The second-order valence-electron chi connectivity index (χ2n) is 12.3. The van der Waals surface area contributed by atoms with Gasteiger partial charge >= 0.3 is 5.97 Å². The van der Waals surface area contributed by atoms with E-state index in [4.69, 9.17) is 8.92 Å². The molecule has 0 unspecified atom stereocenters. The molecule has 8 atom stereocenters. The zero-order valence-electron chi connectivity index (χ0n) is 21.5. The highest BCUT2D eigenvalue weighted by molar-refractivity contribution is 7.86. The van der Waals surface area contributed by atoms with Crippen LogP contribution in [0, 0.1) is 46.8 Å². The van der Waals surface area contributed by atoms with Crippen molar-refractivity contribution in [3.8, 4) is 0 Å². The third kappa shape index (κ3) is 3.71. The number of hydrogen-bond donors (Lipinski definition) is 1. The standard InChI is InChI=1S/C28H40O6S/c1-18-6-8-20(9-7-18)35(31,32)34-17-21-19-10-14-28(24(21)29)15-11-22-26(2,23(28)16-19)12-5-13-27(22,3)25(30)33-4/h6-9,19,21-24,29H,5,10-17H2,1-4H3/t19-,21+,22+,23+,24-,26-,27-,28+/m1/s1. The van der Waals surface area contributed by atoms with Gasteiger partial charge in [-0.1, -0.05) is 31.0 Å². The number of fused-ring (bicyclic) bond motifs is 3. The molecule has 1 spiro atoms. The van der Waals surface area contributed by atoms with Crippen molar-refractivity contribution in [2.75, 3.05) is 13.7 Å². The molecule has 5 fully saturated rings. The van der Waals surface area contributed by atoms with Gasteiger partial charge in [0.15, 0.2) is 0 Å². The predicted molar refractivity (Wildman–Crippen MR) is 132 cm³/mol. The zero-order chi connectivity index (χ0) is 25.2. The number of methoxy groups -OCH3 is 1. The van der Waals surface area contributed by atoms with Gasteiger partial charge in [0, 0.05) is 11.3 Å². The first-order valence-corrected chi connectivity index (χ1v) is 14.6. The molecule has 5 saturated carbocycles. The van der Waals surface area contributed by atoms with E-state index in [1.807, 2.05) is 6.92 Å². The lowest BCUT2D eigenvalue weighted by atomic mass is 9.35. The van der Waals surface area contributed by atoms with Gasteiger partial charge in [-0.05, 0) is 94.1 Å². The van der Waals surface area contributed by atoms with Crippen LogP contribution in [0.2, 0.25) is 0 Å². The molecule has 0 aromatic heterocycles. The Labute approximate surface area is 209 Å². The molecule has 5 aliphatic rings. The van der Waals surface area contributed by atoms with E-state index < -0.39 is 21.6 Å². The van der Waals surface area contributed by atoms with Crippen LogP contribution in [-0.2, 0) is 23.8 Å². The van der Waals surface area contributed by atoms with Crippen molar-refractivity contribution in [1.29, 1.82) is 0 Å². The van der Waals surface area contributed by atoms with E-state index >= 15 is 0 Å². The first-order chi connectivity index (χ1) is 16.5. The van der Waals surface area contributed by atoms with Crippen molar-refractivity contribution >= 4 is 16.1 Å². The van der Waals surface area contributed by atoms with E-state index in [1.165, 1.54) is 7.11 Å². The minimum atomic E-state index is -3.87. The number of aliphatic hydroxyl groups excluding tert-OH is 1. The molecule has 194 valence electrons. The molecule has 7 heteroatoms. The van der Waals surface area contributed by atoms with E-state index in [1.54, 1.807) is 24.3 Å². The summed E-state index contributed by atoms with van der Waals surface area (Å²) >= 11 is 0. The second-order valence-corrected chi connectivity index (χ2v) is 14.0. The van der Waals surface area contributed by atoms with Gasteiger partial charge in [0.2, 0.25) is 0 Å². The van der Waals surface area contributed by atoms with Gasteiger partial charge in [0.25, 0.3) is 10.1 Å². The maximum absolute atomic E-state index is 12.9. The van der Waals surface area contributed by atoms with Gasteiger partial charge < -0.3 is 9.84 Å². The van der Waals surface area contributed by atoms with Crippen LogP contribution in [0.3, 0.4) is 0 Å². The fourth-order valence-electron chi connectivity index (χ4n) is 9.12. The number of esters is 1. The Morgan fingerprint density at radius 1 is 1.06 bits per heavy atom. The summed E-state index contributed by atoms with van der Waals surface area (Å²) < 4.78 is 36.5. The van der Waals surface area contributed by atoms with Crippen LogP contribution in [0.15, 0.2) is 29.2 Å². The van der Waals surface area contributed by atoms with E-state index in [0.29, 0.717) is 5.92 Å². The Balaban J connectivity index is 1.38. The Kier molecular flexibility index (Phi) is 6.17. The number of carbonyl (C=O) groups is 1. The summed E-state index contributed by atoms with van der Waals surface area (Å²) in [4.78, 5) is 13.0. The topological polar surface area (TPSA) is 89.9 Å². The summed E-state index contributed by atoms with van der Waals surface area (Å²) in [5.41, 5.74) is 0.258. The Morgan fingerprint density at radius 2 is 1.74 bits per heavy atom. The van der Waals surface area contributed by atoms with Crippen molar-refractivity contribution in [3.63, 3.8) is 0 Å². The summed E-state index contributed by atoms with van der Waals surface area (Å²) in [5, 5.41) is 11.8. The summed E-state index contributed by atoms with van der Waals surface area (Å²) in [5.74, 6) is 0.521. The first kappa shape index (κ1) is 25.2.